The predicted molar refractivity (Wildman–Crippen MR) is 128 cm³/mol. The van der Waals surface area contributed by atoms with Crippen molar-refractivity contribution in [3.8, 4) is 17.0 Å². The van der Waals surface area contributed by atoms with Crippen LogP contribution in [0.1, 0.15) is 46.4 Å². The molecule has 7 nitrogen and oxygen atoms in total. The summed E-state index contributed by atoms with van der Waals surface area (Å²) in [4.78, 5) is 45.7. The average Bonchev–Trinajstić information content (AvgIpc) is 3.27. The highest BCUT2D eigenvalue weighted by Crippen LogP contribution is 2.33. The van der Waals surface area contributed by atoms with Gasteiger partial charge in [-0.1, -0.05) is 26.0 Å². The molecule has 0 saturated heterocycles. The second-order valence-corrected chi connectivity index (χ2v) is 9.29. The molecule has 1 N–H and O–H groups in total. The zero-order valence-electron chi connectivity index (χ0n) is 18.9. The summed E-state index contributed by atoms with van der Waals surface area (Å²) in [6, 6.07) is 13.3. The largest absolute Gasteiger partial charge is 0.494 e. The second-order valence-electron chi connectivity index (χ2n) is 8.09. The molecular formula is C25H25N3O4S. The number of aryl methyl sites for hydroxylation is 1. The smallest absolute Gasteiger partial charge is 0.262 e. The van der Waals surface area contributed by atoms with Gasteiger partial charge in [-0.2, -0.15) is 0 Å². The number of imide groups is 1. The molecular weight excluding hydrogens is 438 g/mol. The molecule has 0 radical (unpaired) electrons. The molecule has 1 aliphatic heterocycles. The number of rotatable bonds is 7. The van der Waals surface area contributed by atoms with E-state index in [1.165, 1.54) is 11.3 Å². The van der Waals surface area contributed by atoms with Crippen LogP contribution in [0.25, 0.3) is 11.3 Å². The van der Waals surface area contributed by atoms with E-state index >= 15 is 0 Å². The van der Waals surface area contributed by atoms with Crippen LogP contribution in [0.5, 0.6) is 5.75 Å². The Morgan fingerprint density at radius 3 is 2.21 bits per heavy atom. The number of amides is 3. The molecule has 1 aliphatic rings. The molecule has 3 amide bonds. The predicted octanol–water partition coefficient (Wildman–Crippen LogP) is 4.78. The van der Waals surface area contributed by atoms with Crippen molar-refractivity contribution in [2.75, 3.05) is 11.9 Å². The summed E-state index contributed by atoms with van der Waals surface area (Å²) >= 11 is 1.35. The van der Waals surface area contributed by atoms with Gasteiger partial charge in [0.15, 0.2) is 5.13 Å². The molecule has 170 valence electrons. The number of carbonyl (C=O) groups excluding carboxylic acids is 3. The van der Waals surface area contributed by atoms with Crippen molar-refractivity contribution in [3.05, 3.63) is 64.5 Å². The Morgan fingerprint density at radius 1 is 1.06 bits per heavy atom. The van der Waals surface area contributed by atoms with Crippen molar-refractivity contribution < 1.29 is 19.1 Å². The van der Waals surface area contributed by atoms with E-state index in [-0.39, 0.29) is 5.92 Å². The number of carbonyl (C=O) groups is 3. The number of hydrogen-bond donors (Lipinski definition) is 1. The van der Waals surface area contributed by atoms with Gasteiger partial charge in [0, 0.05) is 10.4 Å². The van der Waals surface area contributed by atoms with Crippen LogP contribution >= 0.6 is 11.3 Å². The lowest BCUT2D eigenvalue weighted by molar-refractivity contribution is -0.121. The first-order valence-corrected chi connectivity index (χ1v) is 11.6. The Labute approximate surface area is 196 Å². The maximum absolute atomic E-state index is 13.2. The van der Waals surface area contributed by atoms with Crippen molar-refractivity contribution in [1.82, 2.24) is 9.88 Å². The van der Waals surface area contributed by atoms with E-state index < -0.39 is 23.8 Å². The number of fused-ring (bicyclic) bond motifs is 1. The number of hydrogen-bond acceptors (Lipinski definition) is 6. The molecule has 0 spiro atoms. The first-order valence-electron chi connectivity index (χ1n) is 10.8. The van der Waals surface area contributed by atoms with Gasteiger partial charge in [0.05, 0.1) is 23.4 Å². The van der Waals surface area contributed by atoms with E-state index in [1.807, 2.05) is 52.0 Å². The molecule has 0 aliphatic carbocycles. The van der Waals surface area contributed by atoms with Gasteiger partial charge in [0.1, 0.15) is 11.8 Å². The average molecular weight is 464 g/mol. The van der Waals surface area contributed by atoms with E-state index in [2.05, 4.69) is 10.3 Å². The van der Waals surface area contributed by atoms with E-state index in [0.29, 0.717) is 22.9 Å². The van der Waals surface area contributed by atoms with Crippen molar-refractivity contribution in [2.45, 2.75) is 33.7 Å². The molecule has 0 bridgehead atoms. The normalized spacial score (nSPS) is 13.9. The minimum Gasteiger partial charge on any atom is -0.494 e. The van der Waals surface area contributed by atoms with Crippen molar-refractivity contribution in [3.63, 3.8) is 0 Å². The lowest BCUT2D eigenvalue weighted by atomic mass is 10.0. The summed E-state index contributed by atoms with van der Waals surface area (Å²) < 4.78 is 5.49. The SMILES string of the molecule is CCOc1ccc(-c2nc(NC(=O)C(C(C)C)N3C(=O)c4ccccc4C3=O)sc2C)cc1. The van der Waals surface area contributed by atoms with Gasteiger partial charge >= 0.3 is 0 Å². The molecule has 1 unspecified atom stereocenters. The standard InChI is InChI=1S/C25H25N3O4S/c1-5-32-17-12-10-16(11-13-17)20-15(4)33-25(26-20)27-22(29)21(14(2)3)28-23(30)18-8-6-7-9-19(18)24(28)31/h6-14,21H,5H2,1-4H3,(H,26,27,29). The molecule has 33 heavy (non-hydrogen) atoms. The Hall–Kier alpha value is -3.52. The van der Waals surface area contributed by atoms with E-state index in [9.17, 15) is 14.4 Å². The summed E-state index contributed by atoms with van der Waals surface area (Å²) in [6.45, 7) is 8.08. The number of nitrogens with zero attached hydrogens (tertiary/aromatic N) is 2. The Kier molecular flexibility index (Phi) is 6.29. The molecule has 2 aromatic carbocycles. The molecule has 0 fully saturated rings. The summed E-state index contributed by atoms with van der Waals surface area (Å²) in [5.41, 5.74) is 2.32. The van der Waals surface area contributed by atoms with E-state index in [1.54, 1.807) is 24.3 Å². The molecule has 2 heterocycles. The van der Waals surface area contributed by atoms with Crippen molar-refractivity contribution in [2.24, 2.45) is 5.92 Å². The van der Waals surface area contributed by atoms with Gasteiger partial charge in [-0.15, -0.1) is 11.3 Å². The van der Waals surface area contributed by atoms with Crippen LogP contribution in [0, 0.1) is 12.8 Å². The lowest BCUT2D eigenvalue weighted by Gasteiger charge is -2.27. The number of ether oxygens (including phenoxy) is 1. The van der Waals surface area contributed by atoms with Gasteiger partial charge in [-0.25, -0.2) is 4.98 Å². The summed E-state index contributed by atoms with van der Waals surface area (Å²) in [5.74, 6) is -0.835. The molecule has 1 atom stereocenters. The van der Waals surface area contributed by atoms with Crippen LogP contribution in [0.3, 0.4) is 0 Å². The minimum absolute atomic E-state index is 0.279. The number of benzene rings is 2. The third kappa shape index (κ3) is 4.26. The highest BCUT2D eigenvalue weighted by atomic mass is 32.1. The highest BCUT2D eigenvalue weighted by Gasteiger charge is 2.44. The Bertz CT molecular complexity index is 1180. The minimum atomic E-state index is -0.949. The van der Waals surface area contributed by atoms with Gasteiger partial charge in [-0.3, -0.25) is 19.3 Å². The molecule has 0 saturated carbocycles. The number of anilines is 1. The zero-order chi connectivity index (χ0) is 23.7. The maximum Gasteiger partial charge on any atom is 0.262 e. The van der Waals surface area contributed by atoms with Crippen molar-refractivity contribution in [1.29, 1.82) is 0 Å². The van der Waals surface area contributed by atoms with Crippen LogP contribution in [-0.4, -0.2) is 40.3 Å². The quantitative estimate of drug-likeness (QED) is 0.510. The maximum atomic E-state index is 13.2. The fourth-order valence-corrected chi connectivity index (χ4v) is 4.79. The lowest BCUT2D eigenvalue weighted by Crippen LogP contribution is -2.50. The monoisotopic (exact) mass is 463 g/mol. The molecule has 3 aromatic rings. The molecule has 8 heteroatoms. The Balaban J connectivity index is 1.56. The van der Waals surface area contributed by atoms with Gasteiger partial charge in [0.2, 0.25) is 5.91 Å². The fourth-order valence-electron chi connectivity index (χ4n) is 3.95. The van der Waals surface area contributed by atoms with Crippen molar-refractivity contribution >= 4 is 34.2 Å². The number of aromatic nitrogens is 1. The molecule has 4 rings (SSSR count). The highest BCUT2D eigenvalue weighted by molar-refractivity contribution is 7.16. The third-order valence-electron chi connectivity index (χ3n) is 5.47. The number of nitrogens with one attached hydrogen (secondary N) is 1. The fraction of sp³-hybridized carbons (Fsp3) is 0.280. The number of thiazole rings is 1. The zero-order valence-corrected chi connectivity index (χ0v) is 19.7. The first-order chi connectivity index (χ1) is 15.8. The first kappa shape index (κ1) is 22.7. The molecule has 1 aromatic heterocycles. The summed E-state index contributed by atoms with van der Waals surface area (Å²) in [5, 5.41) is 3.25. The van der Waals surface area contributed by atoms with Gasteiger partial charge in [-0.05, 0) is 56.2 Å². The van der Waals surface area contributed by atoms with Gasteiger partial charge in [0.25, 0.3) is 11.8 Å². The van der Waals surface area contributed by atoms with Crippen LogP contribution in [0.4, 0.5) is 5.13 Å². The topological polar surface area (TPSA) is 88.6 Å². The van der Waals surface area contributed by atoms with E-state index in [4.69, 9.17) is 4.74 Å². The summed E-state index contributed by atoms with van der Waals surface area (Å²) in [7, 11) is 0. The van der Waals surface area contributed by atoms with Crippen LogP contribution < -0.4 is 10.1 Å². The third-order valence-corrected chi connectivity index (χ3v) is 6.36. The van der Waals surface area contributed by atoms with Gasteiger partial charge < -0.3 is 10.1 Å². The Morgan fingerprint density at radius 2 is 1.67 bits per heavy atom. The summed E-state index contributed by atoms with van der Waals surface area (Å²) in [6.07, 6.45) is 0. The van der Waals surface area contributed by atoms with Crippen LogP contribution in [0.2, 0.25) is 0 Å². The van der Waals surface area contributed by atoms with Crippen LogP contribution in [0.15, 0.2) is 48.5 Å². The second kappa shape index (κ2) is 9.15. The van der Waals surface area contributed by atoms with E-state index in [0.717, 1.165) is 26.8 Å². The van der Waals surface area contributed by atoms with Crippen LogP contribution in [-0.2, 0) is 4.79 Å².